The van der Waals surface area contributed by atoms with Crippen LogP contribution in [0.4, 0.5) is 4.79 Å². The van der Waals surface area contributed by atoms with Crippen LogP contribution in [0, 0.1) is 0 Å². The highest BCUT2D eigenvalue weighted by molar-refractivity contribution is 9.11. The van der Waals surface area contributed by atoms with Crippen LogP contribution >= 0.6 is 27.3 Å². The molecule has 0 saturated carbocycles. The Morgan fingerprint density at radius 2 is 2.00 bits per heavy atom. The molecule has 0 bridgehead atoms. The molecule has 2 rings (SSSR count). The lowest BCUT2D eigenvalue weighted by Crippen LogP contribution is -2.57. The SMILES string of the molecule is CC(C)(CNC(=O)NNC(=O)c1ccc(Br)s1)N1CCOCC1. The van der Waals surface area contributed by atoms with Crippen LogP contribution in [0.1, 0.15) is 23.5 Å². The maximum absolute atomic E-state index is 11.8. The fraction of sp³-hybridized carbons (Fsp3) is 0.571. The minimum absolute atomic E-state index is 0.177. The number of nitrogens with zero attached hydrogens (tertiary/aromatic N) is 1. The van der Waals surface area contributed by atoms with Crippen molar-refractivity contribution in [3.05, 3.63) is 20.8 Å². The van der Waals surface area contributed by atoms with E-state index in [9.17, 15) is 9.59 Å². The van der Waals surface area contributed by atoms with Gasteiger partial charge in [-0.05, 0) is 41.9 Å². The highest BCUT2D eigenvalue weighted by Gasteiger charge is 2.28. The number of rotatable bonds is 4. The van der Waals surface area contributed by atoms with Gasteiger partial charge in [0.15, 0.2) is 0 Å². The molecule has 7 nitrogen and oxygen atoms in total. The third-order valence-corrected chi connectivity index (χ3v) is 5.26. The van der Waals surface area contributed by atoms with Crippen LogP contribution in [0.5, 0.6) is 0 Å². The number of hydrazine groups is 1. The Kier molecular flexibility index (Phi) is 6.40. The first-order valence-corrected chi connectivity index (χ1v) is 8.92. The van der Waals surface area contributed by atoms with Gasteiger partial charge in [-0.2, -0.15) is 0 Å². The van der Waals surface area contributed by atoms with Gasteiger partial charge in [0.1, 0.15) is 0 Å². The Bertz CT molecular complexity index is 558. The summed E-state index contributed by atoms with van der Waals surface area (Å²) in [5.41, 5.74) is 4.57. The molecule has 3 N–H and O–H groups in total. The molecular formula is C14H21BrN4O3S. The quantitative estimate of drug-likeness (QED) is 0.665. The lowest BCUT2D eigenvalue weighted by atomic mass is 10.0. The Morgan fingerprint density at radius 1 is 1.30 bits per heavy atom. The smallest absolute Gasteiger partial charge is 0.333 e. The lowest BCUT2D eigenvalue weighted by Gasteiger charge is -2.40. The zero-order chi connectivity index (χ0) is 16.9. The van der Waals surface area contributed by atoms with Gasteiger partial charge < -0.3 is 10.1 Å². The third-order valence-electron chi connectivity index (χ3n) is 3.64. The molecule has 0 radical (unpaired) electrons. The van der Waals surface area contributed by atoms with Gasteiger partial charge in [-0.15, -0.1) is 11.3 Å². The van der Waals surface area contributed by atoms with Gasteiger partial charge in [0, 0.05) is 25.2 Å². The summed E-state index contributed by atoms with van der Waals surface area (Å²) >= 11 is 4.59. The van der Waals surface area contributed by atoms with Crippen LogP contribution in [0.15, 0.2) is 15.9 Å². The van der Waals surface area contributed by atoms with Crippen molar-refractivity contribution in [1.82, 2.24) is 21.1 Å². The minimum atomic E-state index is -0.435. The first-order chi connectivity index (χ1) is 10.9. The molecule has 3 amide bonds. The van der Waals surface area contributed by atoms with E-state index >= 15 is 0 Å². The molecule has 1 saturated heterocycles. The summed E-state index contributed by atoms with van der Waals surface area (Å²) in [4.78, 5) is 26.4. The van der Waals surface area contributed by atoms with E-state index in [1.807, 2.05) is 0 Å². The van der Waals surface area contributed by atoms with Gasteiger partial charge in [-0.1, -0.05) is 0 Å². The second-order valence-electron chi connectivity index (χ2n) is 5.78. The summed E-state index contributed by atoms with van der Waals surface area (Å²) in [6.07, 6.45) is 0. The highest BCUT2D eigenvalue weighted by atomic mass is 79.9. The molecule has 0 atom stereocenters. The summed E-state index contributed by atoms with van der Waals surface area (Å²) < 4.78 is 6.20. The van der Waals surface area contributed by atoms with E-state index in [4.69, 9.17) is 4.74 Å². The van der Waals surface area contributed by atoms with Crippen LogP contribution in [0.25, 0.3) is 0 Å². The van der Waals surface area contributed by atoms with E-state index in [1.165, 1.54) is 11.3 Å². The Hall–Kier alpha value is -1.16. The molecule has 9 heteroatoms. The number of thiophene rings is 1. The van der Waals surface area contributed by atoms with E-state index in [-0.39, 0.29) is 11.4 Å². The number of nitrogens with one attached hydrogen (secondary N) is 3. The zero-order valence-corrected chi connectivity index (χ0v) is 15.6. The monoisotopic (exact) mass is 404 g/mol. The van der Waals surface area contributed by atoms with Crippen molar-refractivity contribution in [3.8, 4) is 0 Å². The molecule has 1 aromatic heterocycles. The molecule has 128 valence electrons. The van der Waals surface area contributed by atoms with E-state index in [0.717, 1.165) is 16.9 Å². The number of morpholine rings is 1. The molecule has 0 aliphatic carbocycles. The lowest BCUT2D eigenvalue weighted by molar-refractivity contribution is -0.00876. The molecule has 0 spiro atoms. The summed E-state index contributed by atoms with van der Waals surface area (Å²) in [6, 6.07) is 3.03. The number of carbonyl (C=O) groups excluding carboxylic acids is 2. The van der Waals surface area contributed by atoms with Crippen molar-refractivity contribution in [2.75, 3.05) is 32.8 Å². The zero-order valence-electron chi connectivity index (χ0n) is 13.1. The van der Waals surface area contributed by atoms with Gasteiger partial charge in [0.25, 0.3) is 5.91 Å². The maximum Gasteiger partial charge on any atom is 0.333 e. The molecule has 1 fully saturated rings. The van der Waals surface area contributed by atoms with Crippen LogP contribution in [0.2, 0.25) is 0 Å². The van der Waals surface area contributed by atoms with Crippen molar-refractivity contribution in [2.24, 2.45) is 0 Å². The Labute approximate surface area is 147 Å². The number of hydrogen-bond donors (Lipinski definition) is 3. The molecule has 1 aromatic rings. The topological polar surface area (TPSA) is 82.7 Å². The van der Waals surface area contributed by atoms with Gasteiger partial charge in [0.2, 0.25) is 0 Å². The maximum atomic E-state index is 11.8. The summed E-state index contributed by atoms with van der Waals surface area (Å²) in [5, 5.41) is 2.78. The second kappa shape index (κ2) is 8.09. The molecule has 2 heterocycles. The predicted octanol–water partition coefficient (Wildman–Crippen LogP) is 1.57. The molecule has 23 heavy (non-hydrogen) atoms. The number of ether oxygens (including phenoxy) is 1. The number of halogens is 1. The third kappa shape index (κ3) is 5.45. The van der Waals surface area contributed by atoms with Crippen molar-refractivity contribution in [3.63, 3.8) is 0 Å². The van der Waals surface area contributed by atoms with Crippen molar-refractivity contribution in [2.45, 2.75) is 19.4 Å². The summed E-state index contributed by atoms with van der Waals surface area (Å²) in [7, 11) is 0. The standard InChI is InChI=1S/C14H21BrN4O3S/c1-14(2,19-5-7-22-8-6-19)9-16-13(21)18-17-12(20)10-3-4-11(15)23-10/h3-4H,5-9H2,1-2H3,(H,17,20)(H2,16,18,21). The van der Waals surface area contributed by atoms with E-state index in [1.54, 1.807) is 12.1 Å². The average molecular weight is 405 g/mol. The minimum Gasteiger partial charge on any atom is -0.379 e. The number of carbonyl (C=O) groups is 2. The number of urea groups is 1. The van der Waals surface area contributed by atoms with Crippen molar-refractivity contribution >= 4 is 39.2 Å². The van der Waals surface area contributed by atoms with Gasteiger partial charge in [-0.25, -0.2) is 10.2 Å². The molecule has 0 aromatic carbocycles. The first-order valence-electron chi connectivity index (χ1n) is 7.31. The number of hydrogen-bond acceptors (Lipinski definition) is 5. The van der Waals surface area contributed by atoms with E-state index < -0.39 is 6.03 Å². The van der Waals surface area contributed by atoms with Gasteiger partial charge in [-0.3, -0.25) is 15.1 Å². The van der Waals surface area contributed by atoms with Crippen LogP contribution in [0.3, 0.4) is 0 Å². The first kappa shape index (κ1) is 18.2. The largest absolute Gasteiger partial charge is 0.379 e. The van der Waals surface area contributed by atoms with Crippen LogP contribution in [-0.2, 0) is 4.74 Å². The normalized spacial score (nSPS) is 16.0. The predicted molar refractivity (Wildman–Crippen MR) is 92.5 cm³/mol. The summed E-state index contributed by atoms with van der Waals surface area (Å²) in [5.74, 6) is -0.344. The molecule has 0 unspecified atom stereocenters. The fourth-order valence-electron chi connectivity index (χ4n) is 2.23. The molecular weight excluding hydrogens is 384 g/mol. The Balaban J connectivity index is 1.73. The Morgan fingerprint density at radius 3 is 2.61 bits per heavy atom. The van der Waals surface area contributed by atoms with Gasteiger partial charge in [0.05, 0.1) is 21.9 Å². The van der Waals surface area contributed by atoms with Crippen LogP contribution < -0.4 is 16.2 Å². The highest BCUT2D eigenvalue weighted by Crippen LogP contribution is 2.21. The van der Waals surface area contributed by atoms with Crippen molar-refractivity contribution in [1.29, 1.82) is 0 Å². The number of amides is 3. The van der Waals surface area contributed by atoms with E-state index in [2.05, 4.69) is 50.8 Å². The second-order valence-corrected chi connectivity index (χ2v) is 8.24. The molecule has 1 aliphatic rings. The summed E-state index contributed by atoms with van der Waals surface area (Å²) in [6.45, 7) is 7.73. The van der Waals surface area contributed by atoms with E-state index in [0.29, 0.717) is 24.6 Å². The fourth-order valence-corrected chi connectivity index (χ4v) is 3.51. The average Bonchev–Trinajstić information content (AvgIpc) is 2.98. The van der Waals surface area contributed by atoms with Crippen LogP contribution in [-0.4, -0.2) is 55.2 Å². The molecule has 1 aliphatic heterocycles. The van der Waals surface area contributed by atoms with Crippen molar-refractivity contribution < 1.29 is 14.3 Å². The van der Waals surface area contributed by atoms with Gasteiger partial charge >= 0.3 is 6.03 Å².